The minimum absolute atomic E-state index is 0.183. The van der Waals surface area contributed by atoms with E-state index in [1.54, 1.807) is 25.1 Å². The van der Waals surface area contributed by atoms with E-state index in [0.717, 1.165) is 6.92 Å². The van der Waals surface area contributed by atoms with Crippen LogP contribution in [0.1, 0.15) is 54.2 Å². The van der Waals surface area contributed by atoms with E-state index in [4.69, 9.17) is 11.6 Å². The molecule has 3 atom stereocenters. The zero-order chi connectivity index (χ0) is 22.9. The highest BCUT2D eigenvalue weighted by Crippen LogP contribution is 2.40. The summed E-state index contributed by atoms with van der Waals surface area (Å²) in [6, 6.07) is 7.59. The van der Waals surface area contributed by atoms with Crippen LogP contribution < -0.4 is 10.6 Å². The van der Waals surface area contributed by atoms with Gasteiger partial charge in [-0.2, -0.15) is 13.2 Å². The number of carbonyl (C=O) groups is 2. The van der Waals surface area contributed by atoms with Gasteiger partial charge < -0.3 is 10.6 Å². The lowest BCUT2D eigenvalue weighted by atomic mass is 9.87. The molecule has 9 heteroatoms. The summed E-state index contributed by atoms with van der Waals surface area (Å²) in [7, 11) is 0. The Morgan fingerprint density at radius 1 is 1.26 bits per heavy atom. The number of fused-ring (bicyclic) bond motifs is 1. The molecule has 0 bridgehead atoms. The standard InChI is InChI=1S/C22H21ClF4N2O2/c1-3-12(11(2)22(25,26)27)9-18(30)28-17-6-4-5-14-19(17)20(29-21(14)31)15-10-13(24)7-8-16(15)23/h4-8,10-12,20H,3,9H2,1-2H3,(H,28,30)(H,29,31)/t11-,12-,20+/m1/s1. The first-order valence-electron chi connectivity index (χ1n) is 9.78. The van der Waals surface area contributed by atoms with Crippen LogP contribution in [0.4, 0.5) is 23.2 Å². The number of benzene rings is 2. The van der Waals surface area contributed by atoms with E-state index >= 15 is 0 Å². The third kappa shape index (κ3) is 4.84. The second-order valence-electron chi connectivity index (χ2n) is 7.59. The SMILES string of the molecule is CC[C@H](CC(=O)Nc1cccc2c1[C@H](c1cc(F)ccc1Cl)NC2=O)[C@@H](C)C(F)(F)F. The van der Waals surface area contributed by atoms with Crippen molar-refractivity contribution in [1.82, 2.24) is 5.32 Å². The average Bonchev–Trinajstić information content (AvgIpc) is 3.04. The van der Waals surface area contributed by atoms with Gasteiger partial charge in [-0.25, -0.2) is 4.39 Å². The van der Waals surface area contributed by atoms with Crippen LogP contribution >= 0.6 is 11.6 Å². The smallest absolute Gasteiger partial charge is 0.341 e. The number of amides is 2. The second-order valence-corrected chi connectivity index (χ2v) is 8.00. The number of hydrogen-bond donors (Lipinski definition) is 2. The van der Waals surface area contributed by atoms with E-state index in [0.29, 0.717) is 11.1 Å². The highest BCUT2D eigenvalue weighted by Gasteiger charge is 2.41. The molecule has 2 aromatic rings. The molecule has 0 aromatic heterocycles. The Morgan fingerprint density at radius 3 is 2.61 bits per heavy atom. The van der Waals surface area contributed by atoms with Crippen LogP contribution in [0, 0.1) is 17.7 Å². The Hall–Kier alpha value is -2.61. The van der Waals surface area contributed by atoms with Crippen LogP contribution in [0.5, 0.6) is 0 Å². The minimum Gasteiger partial charge on any atom is -0.341 e. The molecule has 1 aliphatic rings. The maximum atomic E-state index is 13.8. The van der Waals surface area contributed by atoms with Crippen LogP contribution in [0.25, 0.3) is 0 Å². The number of hydrogen-bond acceptors (Lipinski definition) is 2. The summed E-state index contributed by atoms with van der Waals surface area (Å²) < 4.78 is 53.0. The number of alkyl halides is 3. The first kappa shape index (κ1) is 23.1. The molecule has 2 amide bonds. The Kier molecular flexibility index (Phi) is 6.59. The first-order chi connectivity index (χ1) is 14.5. The highest BCUT2D eigenvalue weighted by atomic mass is 35.5. The van der Waals surface area contributed by atoms with E-state index < -0.39 is 41.7 Å². The van der Waals surface area contributed by atoms with Crippen molar-refractivity contribution in [2.24, 2.45) is 11.8 Å². The number of rotatable bonds is 6. The number of nitrogens with one attached hydrogen (secondary N) is 2. The van der Waals surface area contributed by atoms with Gasteiger partial charge in [0, 0.05) is 33.8 Å². The summed E-state index contributed by atoms with van der Waals surface area (Å²) in [6.07, 6.45) is -4.54. The van der Waals surface area contributed by atoms with Crippen molar-refractivity contribution in [3.8, 4) is 0 Å². The average molecular weight is 457 g/mol. The Labute approximate surface area is 182 Å². The molecule has 31 heavy (non-hydrogen) atoms. The minimum atomic E-state index is -4.40. The van der Waals surface area contributed by atoms with E-state index in [1.807, 2.05) is 0 Å². The summed E-state index contributed by atoms with van der Waals surface area (Å²) in [5.74, 6) is -4.08. The molecule has 0 radical (unpaired) electrons. The zero-order valence-electron chi connectivity index (χ0n) is 16.8. The number of carbonyl (C=O) groups excluding carboxylic acids is 2. The molecule has 0 saturated carbocycles. The van der Waals surface area contributed by atoms with Crippen LogP contribution in [0.15, 0.2) is 36.4 Å². The van der Waals surface area contributed by atoms with Crippen LogP contribution in [0.2, 0.25) is 5.02 Å². The Morgan fingerprint density at radius 2 is 1.97 bits per heavy atom. The monoisotopic (exact) mass is 456 g/mol. The maximum Gasteiger partial charge on any atom is 0.391 e. The molecule has 0 spiro atoms. The molecular weight excluding hydrogens is 436 g/mol. The second kappa shape index (κ2) is 8.86. The van der Waals surface area contributed by atoms with E-state index in [-0.39, 0.29) is 29.1 Å². The largest absolute Gasteiger partial charge is 0.391 e. The molecule has 2 aromatic carbocycles. The lowest BCUT2D eigenvalue weighted by Gasteiger charge is -2.25. The van der Waals surface area contributed by atoms with Crippen LogP contribution in [-0.2, 0) is 4.79 Å². The van der Waals surface area contributed by atoms with Gasteiger partial charge in [0.25, 0.3) is 5.91 Å². The number of anilines is 1. The number of halogens is 5. The lowest BCUT2D eigenvalue weighted by molar-refractivity contribution is -0.184. The maximum absolute atomic E-state index is 13.8. The van der Waals surface area contributed by atoms with Crippen molar-refractivity contribution < 1.29 is 27.2 Å². The van der Waals surface area contributed by atoms with Crippen LogP contribution in [-0.4, -0.2) is 18.0 Å². The van der Waals surface area contributed by atoms with Gasteiger partial charge in [0.1, 0.15) is 5.82 Å². The molecule has 1 aliphatic heterocycles. The summed E-state index contributed by atoms with van der Waals surface area (Å²) in [5, 5.41) is 5.58. The van der Waals surface area contributed by atoms with E-state index in [9.17, 15) is 27.2 Å². The van der Waals surface area contributed by atoms with E-state index in [1.165, 1.54) is 18.2 Å². The molecular formula is C22H21ClF4N2O2. The third-order valence-electron chi connectivity index (χ3n) is 5.65. The van der Waals surface area contributed by atoms with Crippen molar-refractivity contribution in [3.63, 3.8) is 0 Å². The summed E-state index contributed by atoms with van der Waals surface area (Å²) in [5.41, 5.74) is 1.25. The van der Waals surface area contributed by atoms with Gasteiger partial charge in [-0.05, 0) is 36.2 Å². The summed E-state index contributed by atoms with van der Waals surface area (Å²) in [4.78, 5) is 25.0. The molecule has 3 rings (SSSR count). The van der Waals surface area contributed by atoms with Gasteiger partial charge in [0.05, 0.1) is 12.0 Å². The van der Waals surface area contributed by atoms with Crippen molar-refractivity contribution in [2.75, 3.05) is 5.32 Å². The Bertz CT molecular complexity index is 1010. The predicted molar refractivity (Wildman–Crippen MR) is 109 cm³/mol. The molecule has 166 valence electrons. The Balaban J connectivity index is 1.90. The predicted octanol–water partition coefficient (Wildman–Crippen LogP) is 5.87. The third-order valence-corrected chi connectivity index (χ3v) is 6.00. The van der Waals surface area contributed by atoms with Gasteiger partial charge in [0.2, 0.25) is 5.91 Å². The first-order valence-corrected chi connectivity index (χ1v) is 10.2. The zero-order valence-corrected chi connectivity index (χ0v) is 17.6. The fourth-order valence-electron chi connectivity index (χ4n) is 3.81. The van der Waals surface area contributed by atoms with Crippen molar-refractivity contribution in [3.05, 3.63) is 63.9 Å². The molecule has 0 unspecified atom stereocenters. The fraction of sp³-hybridized carbons (Fsp3) is 0.364. The van der Waals surface area contributed by atoms with E-state index in [2.05, 4.69) is 10.6 Å². The molecule has 2 N–H and O–H groups in total. The lowest BCUT2D eigenvalue weighted by Crippen LogP contribution is -2.30. The quantitative estimate of drug-likeness (QED) is 0.534. The van der Waals surface area contributed by atoms with Gasteiger partial charge in [-0.3, -0.25) is 9.59 Å². The molecule has 0 saturated heterocycles. The molecule has 0 fully saturated rings. The summed E-state index contributed by atoms with van der Waals surface area (Å²) >= 11 is 6.20. The van der Waals surface area contributed by atoms with Crippen molar-refractivity contribution in [1.29, 1.82) is 0 Å². The van der Waals surface area contributed by atoms with Gasteiger partial charge in [-0.15, -0.1) is 0 Å². The molecule has 4 nitrogen and oxygen atoms in total. The van der Waals surface area contributed by atoms with Crippen LogP contribution in [0.3, 0.4) is 0 Å². The molecule has 1 heterocycles. The van der Waals surface area contributed by atoms with Crippen molar-refractivity contribution >= 4 is 29.1 Å². The van der Waals surface area contributed by atoms with Crippen molar-refractivity contribution in [2.45, 2.75) is 38.9 Å². The molecule has 0 aliphatic carbocycles. The topological polar surface area (TPSA) is 58.2 Å². The fourth-order valence-corrected chi connectivity index (χ4v) is 4.04. The van der Waals surface area contributed by atoms with Gasteiger partial charge in [-0.1, -0.05) is 37.9 Å². The summed E-state index contributed by atoms with van der Waals surface area (Å²) in [6.45, 7) is 2.66. The highest BCUT2D eigenvalue weighted by molar-refractivity contribution is 6.31. The van der Waals surface area contributed by atoms with Gasteiger partial charge >= 0.3 is 6.18 Å². The van der Waals surface area contributed by atoms with Gasteiger partial charge in [0.15, 0.2) is 0 Å². The normalized spacial score (nSPS) is 17.6.